The van der Waals surface area contributed by atoms with E-state index in [1.807, 2.05) is 31.2 Å². The molecule has 2 heterocycles. The van der Waals surface area contributed by atoms with Crippen LogP contribution in [-0.2, 0) is 17.5 Å². The minimum absolute atomic E-state index is 0.0720. The standard InChI is InChI=1S/C21H18F3N3O2/c1-13-6-2-4-8-16(13)20-25-19(26-29-20)15-10-18(28)27(12-15)11-14-7-3-5-9-17(14)21(22,23)24/h2-9,15H,10-12H2,1H3. The van der Waals surface area contributed by atoms with Gasteiger partial charge < -0.3 is 9.42 Å². The fraction of sp³-hybridized carbons (Fsp3) is 0.286. The van der Waals surface area contributed by atoms with E-state index in [1.54, 1.807) is 0 Å². The number of hydrogen-bond donors (Lipinski definition) is 0. The smallest absolute Gasteiger partial charge is 0.338 e. The number of aryl methyl sites for hydroxylation is 1. The third kappa shape index (κ3) is 3.87. The molecule has 4 rings (SSSR count). The molecule has 0 saturated carbocycles. The van der Waals surface area contributed by atoms with Gasteiger partial charge in [-0.25, -0.2) is 0 Å². The Morgan fingerprint density at radius 2 is 1.86 bits per heavy atom. The van der Waals surface area contributed by atoms with Gasteiger partial charge in [0.1, 0.15) is 0 Å². The topological polar surface area (TPSA) is 59.2 Å². The van der Waals surface area contributed by atoms with E-state index in [2.05, 4.69) is 10.1 Å². The van der Waals surface area contributed by atoms with E-state index < -0.39 is 11.7 Å². The summed E-state index contributed by atoms with van der Waals surface area (Å²) in [6.45, 7) is 2.07. The van der Waals surface area contributed by atoms with Crippen LogP contribution in [0.1, 0.15) is 34.9 Å². The normalized spacial score (nSPS) is 17.2. The Morgan fingerprint density at radius 3 is 2.62 bits per heavy atom. The summed E-state index contributed by atoms with van der Waals surface area (Å²) in [7, 11) is 0. The zero-order chi connectivity index (χ0) is 20.6. The van der Waals surface area contributed by atoms with Crippen LogP contribution >= 0.6 is 0 Å². The van der Waals surface area contributed by atoms with Crippen molar-refractivity contribution in [3.63, 3.8) is 0 Å². The lowest BCUT2D eigenvalue weighted by atomic mass is 10.1. The highest BCUT2D eigenvalue weighted by molar-refractivity contribution is 5.79. The minimum atomic E-state index is -4.46. The van der Waals surface area contributed by atoms with Gasteiger partial charge in [-0.05, 0) is 30.2 Å². The lowest BCUT2D eigenvalue weighted by Gasteiger charge is -2.19. The van der Waals surface area contributed by atoms with Crippen molar-refractivity contribution in [3.8, 4) is 11.5 Å². The molecular formula is C21H18F3N3O2. The van der Waals surface area contributed by atoms with Crippen molar-refractivity contribution in [1.82, 2.24) is 15.0 Å². The van der Waals surface area contributed by atoms with Crippen LogP contribution in [0.2, 0.25) is 0 Å². The number of rotatable bonds is 4. The molecule has 5 nitrogen and oxygen atoms in total. The molecule has 1 aliphatic rings. The van der Waals surface area contributed by atoms with E-state index in [9.17, 15) is 18.0 Å². The summed E-state index contributed by atoms with van der Waals surface area (Å²) < 4.78 is 45.0. The van der Waals surface area contributed by atoms with Crippen LogP contribution in [0.3, 0.4) is 0 Å². The molecule has 0 spiro atoms. The predicted octanol–water partition coefficient (Wildman–Crippen LogP) is 4.58. The number of hydrogen-bond acceptors (Lipinski definition) is 4. The first kappa shape index (κ1) is 19.2. The Balaban J connectivity index is 1.52. The van der Waals surface area contributed by atoms with Gasteiger partial charge in [0.05, 0.1) is 5.56 Å². The van der Waals surface area contributed by atoms with Crippen molar-refractivity contribution < 1.29 is 22.5 Å². The van der Waals surface area contributed by atoms with Crippen molar-refractivity contribution in [3.05, 3.63) is 71.0 Å². The lowest BCUT2D eigenvalue weighted by molar-refractivity contribution is -0.139. The summed E-state index contributed by atoms with van der Waals surface area (Å²) in [6, 6.07) is 12.9. The molecule has 1 aliphatic heterocycles. The molecule has 3 aromatic rings. The van der Waals surface area contributed by atoms with Crippen molar-refractivity contribution in [2.45, 2.75) is 32.0 Å². The monoisotopic (exact) mass is 401 g/mol. The van der Waals surface area contributed by atoms with Gasteiger partial charge in [0.25, 0.3) is 5.89 Å². The van der Waals surface area contributed by atoms with Crippen LogP contribution in [-0.4, -0.2) is 27.5 Å². The number of likely N-dealkylation sites (tertiary alicyclic amines) is 1. The first-order valence-electron chi connectivity index (χ1n) is 9.15. The molecule has 29 heavy (non-hydrogen) atoms. The number of alkyl halides is 3. The van der Waals surface area contributed by atoms with Crippen molar-refractivity contribution in [1.29, 1.82) is 0 Å². The minimum Gasteiger partial charge on any atom is -0.338 e. The van der Waals surface area contributed by atoms with Gasteiger partial charge in [-0.3, -0.25) is 4.79 Å². The third-order valence-electron chi connectivity index (χ3n) is 5.08. The number of benzene rings is 2. The molecule has 0 aliphatic carbocycles. The summed E-state index contributed by atoms with van der Waals surface area (Å²) in [4.78, 5) is 18.2. The first-order chi connectivity index (χ1) is 13.8. The summed E-state index contributed by atoms with van der Waals surface area (Å²) in [6.07, 6.45) is -4.32. The second-order valence-corrected chi connectivity index (χ2v) is 7.10. The average molecular weight is 401 g/mol. The highest BCUT2D eigenvalue weighted by Crippen LogP contribution is 2.34. The third-order valence-corrected chi connectivity index (χ3v) is 5.08. The molecule has 1 aromatic heterocycles. The Bertz CT molecular complexity index is 1050. The van der Waals surface area contributed by atoms with Crippen molar-refractivity contribution >= 4 is 5.91 Å². The number of amides is 1. The average Bonchev–Trinajstić information content (AvgIpc) is 3.29. The molecule has 1 atom stereocenters. The van der Waals surface area contributed by atoms with Crippen LogP contribution in [0, 0.1) is 6.92 Å². The molecule has 1 amide bonds. The van der Waals surface area contributed by atoms with E-state index in [0.29, 0.717) is 11.7 Å². The van der Waals surface area contributed by atoms with Crippen LogP contribution in [0.15, 0.2) is 53.1 Å². The van der Waals surface area contributed by atoms with E-state index in [-0.39, 0.29) is 36.9 Å². The van der Waals surface area contributed by atoms with Crippen LogP contribution in [0.5, 0.6) is 0 Å². The molecule has 1 fully saturated rings. The van der Waals surface area contributed by atoms with Crippen LogP contribution < -0.4 is 0 Å². The maximum Gasteiger partial charge on any atom is 0.416 e. The second-order valence-electron chi connectivity index (χ2n) is 7.10. The quantitative estimate of drug-likeness (QED) is 0.642. The zero-order valence-corrected chi connectivity index (χ0v) is 15.6. The van der Waals surface area contributed by atoms with Crippen LogP contribution in [0.25, 0.3) is 11.5 Å². The molecular weight excluding hydrogens is 383 g/mol. The maximum absolute atomic E-state index is 13.2. The molecule has 0 radical (unpaired) electrons. The van der Waals surface area contributed by atoms with E-state index in [0.717, 1.165) is 17.2 Å². The van der Waals surface area contributed by atoms with Gasteiger partial charge in [0.15, 0.2) is 5.82 Å². The largest absolute Gasteiger partial charge is 0.416 e. The van der Waals surface area contributed by atoms with Gasteiger partial charge in [-0.2, -0.15) is 18.2 Å². The molecule has 150 valence electrons. The molecule has 0 bridgehead atoms. The van der Waals surface area contributed by atoms with Gasteiger partial charge in [0, 0.05) is 31.0 Å². The lowest BCUT2D eigenvalue weighted by Crippen LogP contribution is -2.26. The fourth-order valence-electron chi connectivity index (χ4n) is 3.56. The SMILES string of the molecule is Cc1ccccc1-c1nc(C2CC(=O)N(Cc3ccccc3C(F)(F)F)C2)no1. The Kier molecular flexibility index (Phi) is 4.86. The van der Waals surface area contributed by atoms with Crippen LogP contribution in [0.4, 0.5) is 13.2 Å². The van der Waals surface area contributed by atoms with E-state index >= 15 is 0 Å². The summed E-state index contributed by atoms with van der Waals surface area (Å²) in [5, 5.41) is 4.00. The van der Waals surface area contributed by atoms with Gasteiger partial charge in [-0.1, -0.05) is 41.6 Å². The van der Waals surface area contributed by atoms with Gasteiger partial charge in [0.2, 0.25) is 5.91 Å². The first-order valence-corrected chi connectivity index (χ1v) is 9.15. The second kappa shape index (κ2) is 7.35. The number of carbonyl (C=O) groups excluding carboxylic acids is 1. The van der Waals surface area contributed by atoms with Crippen molar-refractivity contribution in [2.24, 2.45) is 0 Å². The van der Waals surface area contributed by atoms with Crippen molar-refractivity contribution in [2.75, 3.05) is 6.54 Å². The highest BCUT2D eigenvalue weighted by Gasteiger charge is 2.37. The molecule has 2 aromatic carbocycles. The van der Waals surface area contributed by atoms with E-state index in [4.69, 9.17) is 4.52 Å². The summed E-state index contributed by atoms with van der Waals surface area (Å²) >= 11 is 0. The number of carbonyl (C=O) groups is 1. The summed E-state index contributed by atoms with van der Waals surface area (Å²) in [5.74, 6) is 0.214. The Morgan fingerprint density at radius 1 is 1.14 bits per heavy atom. The maximum atomic E-state index is 13.2. The molecule has 1 saturated heterocycles. The van der Waals surface area contributed by atoms with Gasteiger partial charge >= 0.3 is 6.18 Å². The molecule has 8 heteroatoms. The summed E-state index contributed by atoms with van der Waals surface area (Å²) in [5.41, 5.74) is 1.14. The number of nitrogens with zero attached hydrogens (tertiary/aromatic N) is 3. The fourth-order valence-corrected chi connectivity index (χ4v) is 3.56. The molecule has 0 N–H and O–H groups in total. The molecule has 1 unspecified atom stereocenters. The number of halogens is 3. The highest BCUT2D eigenvalue weighted by atomic mass is 19.4. The Labute approximate surface area is 165 Å². The zero-order valence-electron chi connectivity index (χ0n) is 15.6. The Hall–Kier alpha value is -3.16. The number of aromatic nitrogens is 2. The van der Waals surface area contributed by atoms with Gasteiger partial charge in [-0.15, -0.1) is 0 Å². The predicted molar refractivity (Wildman–Crippen MR) is 98.7 cm³/mol. The van der Waals surface area contributed by atoms with E-state index in [1.165, 1.54) is 23.1 Å².